The maximum atomic E-state index is 12.0. The number of halogens is 2. The second kappa shape index (κ2) is 6.47. The molecule has 0 bridgehead atoms. The van der Waals surface area contributed by atoms with Crippen molar-refractivity contribution < 1.29 is 9.32 Å². The van der Waals surface area contributed by atoms with Gasteiger partial charge in [-0.15, -0.1) is 0 Å². The number of benzene rings is 1. The SMILES string of the molecule is Cc1noc(CCNC(=O)c2cc(I)ccc2Br)n1. The van der Waals surface area contributed by atoms with Gasteiger partial charge in [0, 0.05) is 21.0 Å². The van der Waals surface area contributed by atoms with Crippen LogP contribution in [-0.2, 0) is 6.42 Å². The highest BCUT2D eigenvalue weighted by Crippen LogP contribution is 2.19. The predicted octanol–water partition coefficient (Wildman–Crippen LogP) is 2.72. The van der Waals surface area contributed by atoms with Crippen molar-refractivity contribution in [2.24, 2.45) is 0 Å². The van der Waals surface area contributed by atoms with Crippen molar-refractivity contribution in [1.29, 1.82) is 0 Å². The molecular formula is C12H11BrIN3O2. The number of rotatable bonds is 4. The first-order valence-corrected chi connectivity index (χ1v) is 7.46. The summed E-state index contributed by atoms with van der Waals surface area (Å²) in [5.41, 5.74) is 0.619. The Bertz CT molecular complexity index is 600. The van der Waals surface area contributed by atoms with Gasteiger partial charge in [0.15, 0.2) is 5.82 Å². The van der Waals surface area contributed by atoms with E-state index in [0.717, 1.165) is 8.04 Å². The van der Waals surface area contributed by atoms with Crippen LogP contribution < -0.4 is 5.32 Å². The zero-order valence-electron chi connectivity index (χ0n) is 10.1. The number of carbonyl (C=O) groups is 1. The number of aromatic nitrogens is 2. The van der Waals surface area contributed by atoms with E-state index >= 15 is 0 Å². The molecule has 1 aromatic carbocycles. The van der Waals surface area contributed by atoms with Gasteiger partial charge < -0.3 is 9.84 Å². The summed E-state index contributed by atoms with van der Waals surface area (Å²) in [4.78, 5) is 16.1. The summed E-state index contributed by atoms with van der Waals surface area (Å²) in [7, 11) is 0. The van der Waals surface area contributed by atoms with Gasteiger partial charge in [-0.1, -0.05) is 5.16 Å². The summed E-state index contributed by atoms with van der Waals surface area (Å²) in [6.07, 6.45) is 0.522. The highest BCUT2D eigenvalue weighted by atomic mass is 127. The fraction of sp³-hybridized carbons (Fsp3) is 0.250. The molecule has 7 heteroatoms. The van der Waals surface area contributed by atoms with Crippen LogP contribution in [0.25, 0.3) is 0 Å². The molecule has 0 aliphatic carbocycles. The normalized spacial score (nSPS) is 10.5. The fourth-order valence-electron chi connectivity index (χ4n) is 1.49. The van der Waals surface area contributed by atoms with Crippen molar-refractivity contribution >= 4 is 44.4 Å². The molecule has 0 atom stereocenters. The molecule has 0 spiro atoms. The summed E-state index contributed by atoms with van der Waals surface area (Å²) in [6, 6.07) is 5.62. The van der Waals surface area contributed by atoms with Crippen LogP contribution in [0, 0.1) is 10.5 Å². The third-order valence-corrected chi connectivity index (χ3v) is 3.73. The van der Waals surface area contributed by atoms with E-state index in [1.807, 2.05) is 18.2 Å². The minimum atomic E-state index is -0.123. The Morgan fingerprint density at radius 3 is 3.00 bits per heavy atom. The van der Waals surface area contributed by atoms with Crippen LogP contribution in [0.3, 0.4) is 0 Å². The third kappa shape index (κ3) is 4.00. The van der Waals surface area contributed by atoms with Gasteiger partial charge in [0.25, 0.3) is 5.91 Å². The van der Waals surface area contributed by atoms with Crippen LogP contribution in [0.1, 0.15) is 22.1 Å². The van der Waals surface area contributed by atoms with E-state index in [2.05, 4.69) is 54.0 Å². The monoisotopic (exact) mass is 435 g/mol. The van der Waals surface area contributed by atoms with Crippen LogP contribution in [0.15, 0.2) is 27.2 Å². The molecule has 0 saturated heterocycles. The summed E-state index contributed by atoms with van der Waals surface area (Å²) < 4.78 is 6.76. The number of hydrogen-bond donors (Lipinski definition) is 1. The molecule has 0 aliphatic heterocycles. The van der Waals surface area contributed by atoms with Gasteiger partial charge in [0.05, 0.1) is 5.56 Å². The molecule has 19 heavy (non-hydrogen) atoms. The van der Waals surface area contributed by atoms with Gasteiger partial charge in [-0.3, -0.25) is 4.79 Å². The number of carbonyl (C=O) groups excluding carboxylic acids is 1. The van der Waals surface area contributed by atoms with Crippen molar-refractivity contribution in [2.75, 3.05) is 6.54 Å². The van der Waals surface area contributed by atoms with E-state index in [1.165, 1.54) is 0 Å². The van der Waals surface area contributed by atoms with Crippen LogP contribution in [0.5, 0.6) is 0 Å². The molecule has 1 amide bonds. The van der Waals surface area contributed by atoms with Gasteiger partial charge in [0.2, 0.25) is 5.89 Å². The topological polar surface area (TPSA) is 68.0 Å². The molecule has 0 aliphatic rings. The van der Waals surface area contributed by atoms with Gasteiger partial charge >= 0.3 is 0 Å². The molecule has 0 saturated carbocycles. The second-order valence-electron chi connectivity index (χ2n) is 3.87. The Morgan fingerprint density at radius 1 is 1.53 bits per heavy atom. The Hall–Kier alpha value is -0.960. The first kappa shape index (κ1) is 14.4. The Morgan fingerprint density at radius 2 is 2.32 bits per heavy atom. The zero-order chi connectivity index (χ0) is 13.8. The highest BCUT2D eigenvalue weighted by Gasteiger charge is 2.10. The Labute approximate surface area is 132 Å². The quantitative estimate of drug-likeness (QED) is 0.749. The van der Waals surface area contributed by atoms with Crippen molar-refractivity contribution in [3.8, 4) is 0 Å². The van der Waals surface area contributed by atoms with Crippen LogP contribution in [0.2, 0.25) is 0 Å². The lowest BCUT2D eigenvalue weighted by atomic mass is 10.2. The van der Waals surface area contributed by atoms with E-state index in [1.54, 1.807) is 6.92 Å². The number of amides is 1. The van der Waals surface area contributed by atoms with Gasteiger partial charge in [-0.05, 0) is 63.6 Å². The number of aryl methyl sites for hydroxylation is 1. The molecule has 1 heterocycles. The lowest BCUT2D eigenvalue weighted by Gasteiger charge is -2.06. The molecule has 100 valence electrons. The van der Waals surface area contributed by atoms with Crippen LogP contribution >= 0.6 is 38.5 Å². The average molecular weight is 436 g/mol. The van der Waals surface area contributed by atoms with Gasteiger partial charge in [-0.2, -0.15) is 4.98 Å². The van der Waals surface area contributed by atoms with E-state index in [0.29, 0.717) is 30.2 Å². The summed E-state index contributed by atoms with van der Waals surface area (Å²) in [5, 5.41) is 6.52. The molecule has 5 nitrogen and oxygen atoms in total. The number of nitrogens with one attached hydrogen (secondary N) is 1. The Kier molecular flexibility index (Phi) is 4.92. The van der Waals surface area contributed by atoms with E-state index in [9.17, 15) is 4.79 Å². The molecule has 2 rings (SSSR count). The highest BCUT2D eigenvalue weighted by molar-refractivity contribution is 14.1. The summed E-state index contributed by atoms with van der Waals surface area (Å²) >= 11 is 5.54. The minimum Gasteiger partial charge on any atom is -0.351 e. The smallest absolute Gasteiger partial charge is 0.252 e. The lowest BCUT2D eigenvalue weighted by molar-refractivity contribution is 0.0952. The molecule has 0 radical (unpaired) electrons. The van der Waals surface area contributed by atoms with E-state index in [4.69, 9.17) is 4.52 Å². The van der Waals surface area contributed by atoms with Crippen molar-refractivity contribution in [2.45, 2.75) is 13.3 Å². The summed E-state index contributed by atoms with van der Waals surface area (Å²) in [6.45, 7) is 2.22. The summed E-state index contributed by atoms with van der Waals surface area (Å²) in [5.74, 6) is 1.00. The maximum absolute atomic E-state index is 12.0. The van der Waals surface area contributed by atoms with E-state index in [-0.39, 0.29) is 5.91 Å². The first-order chi connectivity index (χ1) is 9.06. The average Bonchev–Trinajstić information content (AvgIpc) is 2.78. The molecule has 1 N–H and O–H groups in total. The molecule has 0 unspecified atom stereocenters. The van der Waals surface area contributed by atoms with Crippen LogP contribution in [-0.4, -0.2) is 22.6 Å². The third-order valence-electron chi connectivity index (χ3n) is 2.37. The van der Waals surface area contributed by atoms with Gasteiger partial charge in [0.1, 0.15) is 0 Å². The lowest BCUT2D eigenvalue weighted by Crippen LogP contribution is -2.26. The minimum absolute atomic E-state index is 0.123. The van der Waals surface area contributed by atoms with Crippen LogP contribution in [0.4, 0.5) is 0 Å². The molecular weight excluding hydrogens is 425 g/mol. The molecule has 1 aromatic heterocycles. The van der Waals surface area contributed by atoms with E-state index < -0.39 is 0 Å². The maximum Gasteiger partial charge on any atom is 0.252 e. The number of hydrogen-bond acceptors (Lipinski definition) is 4. The van der Waals surface area contributed by atoms with Crippen molar-refractivity contribution in [3.63, 3.8) is 0 Å². The standard InChI is InChI=1S/C12H11BrIN3O2/c1-7-16-11(19-17-7)4-5-15-12(18)9-6-8(14)2-3-10(9)13/h2-3,6H,4-5H2,1H3,(H,15,18). The van der Waals surface area contributed by atoms with Gasteiger partial charge in [-0.25, -0.2) is 0 Å². The number of nitrogens with zero attached hydrogens (tertiary/aromatic N) is 2. The first-order valence-electron chi connectivity index (χ1n) is 5.58. The molecule has 2 aromatic rings. The largest absolute Gasteiger partial charge is 0.351 e. The fourth-order valence-corrected chi connectivity index (χ4v) is 2.41. The Balaban J connectivity index is 1.92. The predicted molar refractivity (Wildman–Crippen MR) is 81.9 cm³/mol. The van der Waals surface area contributed by atoms with Crippen molar-refractivity contribution in [1.82, 2.24) is 15.5 Å². The van der Waals surface area contributed by atoms with Crippen molar-refractivity contribution in [3.05, 3.63) is 43.5 Å². The zero-order valence-corrected chi connectivity index (χ0v) is 13.9. The molecule has 0 fully saturated rings. The second-order valence-corrected chi connectivity index (χ2v) is 5.97.